The number of aryl methyl sites for hydroxylation is 1. The number of aromatic nitrogens is 2. The minimum atomic E-state index is -1.26. The van der Waals surface area contributed by atoms with Gasteiger partial charge < -0.3 is 14.8 Å². The number of benzene rings is 1. The molecular weight excluding hydrogens is 318 g/mol. The Balaban J connectivity index is 1.59. The fourth-order valence-electron chi connectivity index (χ4n) is 2.51. The maximum absolute atomic E-state index is 12.3. The minimum Gasteiger partial charge on any atom is -0.463 e. The molecule has 0 spiro atoms. The predicted molar refractivity (Wildman–Crippen MR) is 93.1 cm³/mol. The average molecular weight is 339 g/mol. The number of hydrogen-bond acceptors (Lipinski definition) is 4. The smallest absolute Gasteiger partial charge is 0.251 e. The Morgan fingerprint density at radius 3 is 2.64 bits per heavy atom. The lowest BCUT2D eigenvalue weighted by atomic mass is 10.0. The summed E-state index contributed by atoms with van der Waals surface area (Å²) in [6.07, 6.45) is 3.62. The zero-order chi connectivity index (χ0) is 17.9. The molecule has 2 heterocycles. The molecule has 0 radical (unpaired) electrons. The first-order chi connectivity index (χ1) is 11.9. The highest BCUT2D eigenvalue weighted by molar-refractivity contribution is 5.94. The number of rotatable bonds is 6. The van der Waals surface area contributed by atoms with Crippen LogP contribution in [0.25, 0.3) is 0 Å². The Morgan fingerprint density at radius 1 is 1.28 bits per heavy atom. The number of amides is 1. The second-order valence-corrected chi connectivity index (χ2v) is 6.27. The third-order valence-corrected chi connectivity index (χ3v) is 3.98. The molecule has 6 nitrogen and oxygen atoms in total. The first kappa shape index (κ1) is 17.0. The van der Waals surface area contributed by atoms with E-state index < -0.39 is 5.60 Å². The second-order valence-electron chi connectivity index (χ2n) is 6.27. The van der Waals surface area contributed by atoms with Crippen molar-refractivity contribution in [2.24, 2.45) is 0 Å². The molecule has 2 aromatic heterocycles. The van der Waals surface area contributed by atoms with E-state index in [-0.39, 0.29) is 12.5 Å². The molecule has 0 aliphatic rings. The summed E-state index contributed by atoms with van der Waals surface area (Å²) in [5.41, 5.74) is 0.332. The number of aliphatic hydroxyl groups is 1. The van der Waals surface area contributed by atoms with Crippen LogP contribution < -0.4 is 5.32 Å². The van der Waals surface area contributed by atoms with Gasteiger partial charge in [0.1, 0.15) is 17.1 Å². The predicted octanol–water partition coefficient (Wildman–Crippen LogP) is 2.47. The van der Waals surface area contributed by atoms with E-state index in [0.717, 1.165) is 11.3 Å². The highest BCUT2D eigenvalue weighted by Gasteiger charge is 2.27. The highest BCUT2D eigenvalue weighted by atomic mass is 16.4. The molecule has 0 saturated carbocycles. The summed E-state index contributed by atoms with van der Waals surface area (Å²) in [4.78, 5) is 12.3. The summed E-state index contributed by atoms with van der Waals surface area (Å²) >= 11 is 0. The van der Waals surface area contributed by atoms with Crippen LogP contribution in [0.4, 0.5) is 0 Å². The molecular formula is C19H21N3O3. The number of hydrogen-bond donors (Lipinski definition) is 2. The molecule has 0 aliphatic heterocycles. The van der Waals surface area contributed by atoms with Crippen LogP contribution in [0, 0.1) is 6.92 Å². The van der Waals surface area contributed by atoms with Crippen molar-refractivity contribution in [1.82, 2.24) is 15.1 Å². The van der Waals surface area contributed by atoms with Crippen LogP contribution in [0.5, 0.6) is 0 Å². The van der Waals surface area contributed by atoms with Crippen molar-refractivity contribution >= 4 is 5.91 Å². The van der Waals surface area contributed by atoms with Crippen LogP contribution in [-0.4, -0.2) is 27.3 Å². The molecule has 0 aliphatic carbocycles. The largest absolute Gasteiger partial charge is 0.463 e. The Labute approximate surface area is 146 Å². The summed E-state index contributed by atoms with van der Waals surface area (Å²) in [7, 11) is 0. The van der Waals surface area contributed by atoms with Crippen LogP contribution in [0.1, 0.15) is 34.4 Å². The minimum absolute atomic E-state index is 0.0633. The summed E-state index contributed by atoms with van der Waals surface area (Å²) in [6, 6.07) is 12.7. The lowest BCUT2D eigenvalue weighted by Crippen LogP contribution is -2.38. The topological polar surface area (TPSA) is 80.3 Å². The van der Waals surface area contributed by atoms with E-state index >= 15 is 0 Å². The maximum atomic E-state index is 12.3. The van der Waals surface area contributed by atoms with E-state index in [2.05, 4.69) is 10.4 Å². The van der Waals surface area contributed by atoms with Gasteiger partial charge in [-0.25, -0.2) is 0 Å². The zero-order valence-corrected chi connectivity index (χ0v) is 14.3. The van der Waals surface area contributed by atoms with Crippen molar-refractivity contribution in [2.75, 3.05) is 6.54 Å². The fourth-order valence-corrected chi connectivity index (χ4v) is 2.51. The van der Waals surface area contributed by atoms with Gasteiger partial charge in [-0.1, -0.05) is 12.1 Å². The third-order valence-electron chi connectivity index (χ3n) is 3.98. The van der Waals surface area contributed by atoms with Gasteiger partial charge in [-0.15, -0.1) is 0 Å². The lowest BCUT2D eigenvalue weighted by Gasteiger charge is -2.21. The SMILES string of the molecule is Cc1ccc(C(C)(O)CNC(=O)c2ccc(Cn3cccn3)cc2)o1. The first-order valence-electron chi connectivity index (χ1n) is 8.08. The van der Waals surface area contributed by atoms with E-state index in [9.17, 15) is 9.90 Å². The first-order valence-corrected chi connectivity index (χ1v) is 8.08. The van der Waals surface area contributed by atoms with Gasteiger partial charge in [0.05, 0.1) is 13.1 Å². The molecule has 3 aromatic rings. The van der Waals surface area contributed by atoms with Gasteiger partial charge in [-0.2, -0.15) is 5.10 Å². The molecule has 1 aromatic carbocycles. The summed E-state index contributed by atoms with van der Waals surface area (Å²) in [5, 5.41) is 17.4. The Kier molecular flexibility index (Phi) is 4.72. The van der Waals surface area contributed by atoms with E-state index in [1.807, 2.05) is 36.0 Å². The van der Waals surface area contributed by atoms with Gasteiger partial charge in [0.25, 0.3) is 5.91 Å². The number of nitrogens with one attached hydrogen (secondary N) is 1. The molecule has 1 atom stereocenters. The van der Waals surface area contributed by atoms with Gasteiger partial charge in [0.2, 0.25) is 0 Å². The van der Waals surface area contributed by atoms with Crippen molar-refractivity contribution in [3.63, 3.8) is 0 Å². The van der Waals surface area contributed by atoms with Crippen molar-refractivity contribution in [3.8, 4) is 0 Å². The molecule has 3 rings (SSSR count). The standard InChI is InChI=1S/C19H21N3O3/c1-14-4-9-17(25-14)19(2,24)13-20-18(23)16-7-5-15(6-8-16)12-22-11-3-10-21-22/h3-11,24H,12-13H2,1-2H3,(H,20,23). The van der Waals surface area contributed by atoms with Gasteiger partial charge in [0.15, 0.2) is 0 Å². The van der Waals surface area contributed by atoms with E-state index in [1.165, 1.54) is 0 Å². The van der Waals surface area contributed by atoms with Gasteiger partial charge in [0, 0.05) is 18.0 Å². The molecule has 0 saturated heterocycles. The zero-order valence-electron chi connectivity index (χ0n) is 14.3. The second kappa shape index (κ2) is 6.94. The Morgan fingerprint density at radius 2 is 2.04 bits per heavy atom. The average Bonchev–Trinajstić information content (AvgIpc) is 3.25. The Bertz CT molecular complexity index is 833. The van der Waals surface area contributed by atoms with E-state index in [1.54, 1.807) is 37.4 Å². The maximum Gasteiger partial charge on any atom is 0.251 e. The number of nitrogens with zero attached hydrogens (tertiary/aromatic N) is 2. The summed E-state index contributed by atoms with van der Waals surface area (Å²) in [5.74, 6) is 0.906. The summed E-state index contributed by atoms with van der Waals surface area (Å²) in [6.45, 7) is 4.14. The molecule has 0 bridgehead atoms. The third kappa shape index (κ3) is 4.16. The number of carbonyl (C=O) groups excluding carboxylic acids is 1. The molecule has 130 valence electrons. The van der Waals surface area contributed by atoms with Crippen LogP contribution in [-0.2, 0) is 12.1 Å². The van der Waals surface area contributed by atoms with E-state index in [0.29, 0.717) is 17.9 Å². The van der Waals surface area contributed by atoms with Crippen molar-refractivity contribution in [3.05, 3.63) is 77.5 Å². The van der Waals surface area contributed by atoms with Crippen LogP contribution >= 0.6 is 0 Å². The van der Waals surface area contributed by atoms with Crippen molar-refractivity contribution in [2.45, 2.75) is 26.0 Å². The molecule has 2 N–H and O–H groups in total. The van der Waals surface area contributed by atoms with Gasteiger partial charge >= 0.3 is 0 Å². The van der Waals surface area contributed by atoms with Crippen LogP contribution in [0.2, 0.25) is 0 Å². The van der Waals surface area contributed by atoms with Crippen molar-refractivity contribution < 1.29 is 14.3 Å². The van der Waals surface area contributed by atoms with E-state index in [4.69, 9.17) is 4.42 Å². The van der Waals surface area contributed by atoms with Gasteiger partial charge in [-0.05, 0) is 49.7 Å². The normalized spacial score (nSPS) is 13.4. The molecule has 25 heavy (non-hydrogen) atoms. The molecule has 0 fully saturated rings. The highest BCUT2D eigenvalue weighted by Crippen LogP contribution is 2.22. The molecule has 1 amide bonds. The molecule has 1 unspecified atom stereocenters. The lowest BCUT2D eigenvalue weighted by molar-refractivity contribution is 0.0323. The van der Waals surface area contributed by atoms with Crippen LogP contribution in [0.3, 0.4) is 0 Å². The van der Waals surface area contributed by atoms with Gasteiger partial charge in [-0.3, -0.25) is 9.48 Å². The number of carbonyl (C=O) groups is 1. The fraction of sp³-hybridized carbons (Fsp3) is 0.263. The monoisotopic (exact) mass is 339 g/mol. The summed E-state index contributed by atoms with van der Waals surface area (Å²) < 4.78 is 7.26. The Hall–Kier alpha value is -2.86. The van der Waals surface area contributed by atoms with Crippen molar-refractivity contribution in [1.29, 1.82) is 0 Å². The molecule has 6 heteroatoms. The van der Waals surface area contributed by atoms with Crippen LogP contribution in [0.15, 0.2) is 59.3 Å². The quantitative estimate of drug-likeness (QED) is 0.723. The number of furan rings is 1.